The van der Waals surface area contributed by atoms with Crippen molar-refractivity contribution in [3.05, 3.63) is 23.8 Å². The number of urea groups is 1. The smallest absolute Gasteiger partial charge is 0.324 e. The molecule has 0 radical (unpaired) electrons. The Labute approximate surface area is 141 Å². The first-order valence-corrected chi connectivity index (χ1v) is 8.18. The van der Waals surface area contributed by atoms with Crippen molar-refractivity contribution in [1.29, 1.82) is 0 Å². The molecule has 24 heavy (non-hydrogen) atoms. The van der Waals surface area contributed by atoms with Gasteiger partial charge in [0.2, 0.25) is 5.91 Å². The summed E-state index contributed by atoms with van der Waals surface area (Å²) in [5.74, 6) is 1.35. The highest BCUT2D eigenvalue weighted by Crippen LogP contribution is 2.38. The third-order valence-corrected chi connectivity index (χ3v) is 4.66. The number of imide groups is 1. The Morgan fingerprint density at radius 1 is 1.29 bits per heavy atom. The summed E-state index contributed by atoms with van der Waals surface area (Å²) in [6.07, 6.45) is 1.97. The van der Waals surface area contributed by atoms with E-state index in [1.54, 1.807) is 14.2 Å². The number of likely N-dealkylation sites (tertiary alicyclic amines) is 1. The summed E-state index contributed by atoms with van der Waals surface area (Å²) in [5.41, 5.74) is 1.05. The average molecular weight is 333 g/mol. The molecule has 3 rings (SSSR count). The maximum absolute atomic E-state index is 12.4. The molecule has 0 aromatic heterocycles. The molecule has 130 valence electrons. The van der Waals surface area contributed by atoms with Crippen LogP contribution in [0.3, 0.4) is 0 Å². The van der Waals surface area contributed by atoms with Crippen molar-refractivity contribution in [2.24, 2.45) is 0 Å². The Morgan fingerprint density at radius 2 is 2.12 bits per heavy atom. The minimum absolute atomic E-state index is 0.112. The van der Waals surface area contributed by atoms with Crippen LogP contribution in [0.4, 0.5) is 4.79 Å². The van der Waals surface area contributed by atoms with Gasteiger partial charge in [-0.15, -0.1) is 0 Å². The molecule has 1 atom stereocenters. The molecule has 0 saturated carbocycles. The largest absolute Gasteiger partial charge is 0.497 e. The molecule has 3 amide bonds. The Bertz CT molecular complexity index is 634. The van der Waals surface area contributed by atoms with Gasteiger partial charge in [0.15, 0.2) is 0 Å². The fourth-order valence-corrected chi connectivity index (χ4v) is 3.43. The molecule has 1 N–H and O–H groups in total. The summed E-state index contributed by atoms with van der Waals surface area (Å²) in [4.78, 5) is 27.5. The van der Waals surface area contributed by atoms with E-state index in [9.17, 15) is 9.59 Å². The molecule has 7 nitrogen and oxygen atoms in total. The highest BCUT2D eigenvalue weighted by atomic mass is 16.5. The molecule has 0 bridgehead atoms. The first-order chi connectivity index (χ1) is 11.6. The van der Waals surface area contributed by atoms with Crippen LogP contribution in [0.15, 0.2) is 18.2 Å². The van der Waals surface area contributed by atoms with Crippen LogP contribution < -0.4 is 14.8 Å². The Morgan fingerprint density at radius 3 is 2.79 bits per heavy atom. The van der Waals surface area contributed by atoms with Gasteiger partial charge in [-0.25, -0.2) is 4.79 Å². The van der Waals surface area contributed by atoms with Crippen molar-refractivity contribution in [3.63, 3.8) is 0 Å². The lowest BCUT2D eigenvalue weighted by Crippen LogP contribution is -2.41. The molecule has 2 aliphatic rings. The first-order valence-electron chi connectivity index (χ1n) is 8.18. The molecule has 1 aromatic carbocycles. The van der Waals surface area contributed by atoms with Crippen LogP contribution in [-0.4, -0.2) is 62.1 Å². The summed E-state index contributed by atoms with van der Waals surface area (Å²) >= 11 is 0. The van der Waals surface area contributed by atoms with E-state index in [0.717, 1.165) is 36.4 Å². The number of ether oxygens (including phenoxy) is 2. The molecule has 2 fully saturated rings. The van der Waals surface area contributed by atoms with Crippen LogP contribution in [0.1, 0.15) is 24.4 Å². The van der Waals surface area contributed by atoms with E-state index in [2.05, 4.69) is 10.2 Å². The number of hydrogen-bond donors (Lipinski definition) is 1. The fraction of sp³-hybridized carbons (Fsp3) is 0.529. The zero-order valence-corrected chi connectivity index (χ0v) is 14.1. The molecule has 2 saturated heterocycles. The van der Waals surface area contributed by atoms with Crippen LogP contribution in [0.5, 0.6) is 11.5 Å². The van der Waals surface area contributed by atoms with Gasteiger partial charge in [-0.1, -0.05) is 6.07 Å². The number of carbonyl (C=O) groups excluding carboxylic acids is 2. The van der Waals surface area contributed by atoms with Gasteiger partial charge in [-0.3, -0.25) is 14.6 Å². The monoisotopic (exact) mass is 333 g/mol. The van der Waals surface area contributed by atoms with Crippen LogP contribution in [0.25, 0.3) is 0 Å². The molecular weight excluding hydrogens is 310 g/mol. The second-order valence-electron chi connectivity index (χ2n) is 6.01. The highest BCUT2D eigenvalue weighted by molar-refractivity contribution is 5.96. The van der Waals surface area contributed by atoms with Gasteiger partial charge >= 0.3 is 6.03 Å². The van der Waals surface area contributed by atoms with E-state index < -0.39 is 0 Å². The Balaban J connectivity index is 1.76. The van der Waals surface area contributed by atoms with E-state index in [1.807, 2.05) is 18.2 Å². The second-order valence-corrected chi connectivity index (χ2v) is 6.01. The molecule has 2 aliphatic heterocycles. The molecule has 1 aromatic rings. The number of benzene rings is 1. The van der Waals surface area contributed by atoms with Gasteiger partial charge in [0, 0.05) is 30.8 Å². The van der Waals surface area contributed by atoms with Crippen molar-refractivity contribution in [2.45, 2.75) is 18.9 Å². The summed E-state index contributed by atoms with van der Waals surface area (Å²) in [5, 5.41) is 2.66. The van der Waals surface area contributed by atoms with Crippen molar-refractivity contribution in [3.8, 4) is 11.5 Å². The third kappa shape index (κ3) is 3.17. The van der Waals surface area contributed by atoms with Gasteiger partial charge in [0.25, 0.3) is 0 Å². The normalized spacial score (nSPS) is 21.0. The second kappa shape index (κ2) is 7.09. The van der Waals surface area contributed by atoms with Gasteiger partial charge in [-0.05, 0) is 25.5 Å². The van der Waals surface area contributed by atoms with Crippen LogP contribution >= 0.6 is 0 Å². The lowest BCUT2D eigenvalue weighted by molar-refractivity contribution is -0.129. The molecule has 0 aliphatic carbocycles. The summed E-state index contributed by atoms with van der Waals surface area (Å²) in [6.45, 7) is 2.05. The lowest BCUT2D eigenvalue weighted by atomic mass is 10.0. The van der Waals surface area contributed by atoms with Crippen molar-refractivity contribution in [2.75, 3.05) is 40.4 Å². The first kappa shape index (κ1) is 16.6. The quantitative estimate of drug-likeness (QED) is 0.882. The number of hydrogen-bond acceptors (Lipinski definition) is 5. The van der Waals surface area contributed by atoms with E-state index in [1.165, 1.54) is 4.90 Å². The maximum atomic E-state index is 12.4. The number of nitrogens with one attached hydrogen (secondary N) is 1. The average Bonchev–Trinajstić information content (AvgIpc) is 3.23. The number of methoxy groups -OCH3 is 2. The minimum atomic E-state index is -0.294. The van der Waals surface area contributed by atoms with Gasteiger partial charge in [0.1, 0.15) is 11.5 Å². The maximum Gasteiger partial charge on any atom is 0.324 e. The predicted molar refractivity (Wildman–Crippen MR) is 88.2 cm³/mol. The molecule has 7 heteroatoms. The Hall–Kier alpha value is -2.28. The lowest BCUT2D eigenvalue weighted by Gasteiger charge is -2.27. The standard InChI is InChI=1S/C17H23N3O4/c1-23-12-5-6-13(15(10-12)24-2)14-4-3-8-19(14)11-16(21)20-9-7-18-17(20)22/h5-6,10,14H,3-4,7-9,11H2,1-2H3,(H,18,22). The number of rotatable bonds is 5. The van der Waals surface area contributed by atoms with Crippen LogP contribution in [0.2, 0.25) is 0 Å². The summed E-state index contributed by atoms with van der Waals surface area (Å²) < 4.78 is 10.8. The van der Waals surface area contributed by atoms with E-state index in [4.69, 9.17) is 9.47 Å². The third-order valence-electron chi connectivity index (χ3n) is 4.66. The topological polar surface area (TPSA) is 71.1 Å². The number of carbonyl (C=O) groups is 2. The molecule has 1 unspecified atom stereocenters. The number of amides is 3. The van der Waals surface area contributed by atoms with Gasteiger partial charge in [-0.2, -0.15) is 0 Å². The zero-order chi connectivity index (χ0) is 17.1. The fourth-order valence-electron chi connectivity index (χ4n) is 3.43. The summed E-state index contributed by atoms with van der Waals surface area (Å²) in [7, 11) is 3.26. The van der Waals surface area contributed by atoms with Gasteiger partial charge in [0.05, 0.1) is 20.8 Å². The van der Waals surface area contributed by atoms with Crippen LogP contribution in [-0.2, 0) is 4.79 Å². The summed E-state index contributed by atoms with van der Waals surface area (Å²) in [6, 6.07) is 5.58. The minimum Gasteiger partial charge on any atom is -0.497 e. The zero-order valence-electron chi connectivity index (χ0n) is 14.1. The Kier molecular flexibility index (Phi) is 4.89. The van der Waals surface area contributed by atoms with E-state index in [-0.39, 0.29) is 24.5 Å². The van der Waals surface area contributed by atoms with Crippen molar-refractivity contribution < 1.29 is 19.1 Å². The van der Waals surface area contributed by atoms with Gasteiger partial charge < -0.3 is 14.8 Å². The van der Waals surface area contributed by atoms with Crippen molar-refractivity contribution >= 4 is 11.9 Å². The van der Waals surface area contributed by atoms with E-state index in [0.29, 0.717) is 13.1 Å². The van der Waals surface area contributed by atoms with E-state index >= 15 is 0 Å². The molecule has 0 spiro atoms. The highest BCUT2D eigenvalue weighted by Gasteiger charge is 2.33. The molecular formula is C17H23N3O4. The van der Waals surface area contributed by atoms with Crippen molar-refractivity contribution in [1.82, 2.24) is 15.1 Å². The SMILES string of the molecule is COc1ccc(C2CCCN2CC(=O)N2CCNC2=O)c(OC)c1. The van der Waals surface area contributed by atoms with Crippen LogP contribution in [0, 0.1) is 0 Å². The predicted octanol–water partition coefficient (Wildman–Crippen LogP) is 1.39. The number of nitrogens with zero attached hydrogens (tertiary/aromatic N) is 2. The molecule has 2 heterocycles.